The summed E-state index contributed by atoms with van der Waals surface area (Å²) in [6.45, 7) is 5.44. The zero-order valence-electron chi connectivity index (χ0n) is 17.7. The molecule has 1 heterocycles. The molecule has 3 aromatic rings. The van der Waals surface area contributed by atoms with E-state index in [0.717, 1.165) is 6.54 Å². The minimum Gasteiger partial charge on any atom is -0.335 e. The minimum absolute atomic E-state index is 0.907. The third kappa shape index (κ3) is 4.70. The van der Waals surface area contributed by atoms with Crippen molar-refractivity contribution in [2.45, 2.75) is 68.7 Å². The van der Waals surface area contributed by atoms with E-state index in [2.05, 4.69) is 85.5 Å². The summed E-state index contributed by atoms with van der Waals surface area (Å²) in [5, 5.41) is 0. The van der Waals surface area contributed by atoms with Crippen molar-refractivity contribution in [1.82, 2.24) is 0 Å². The molecule has 29 heavy (non-hydrogen) atoms. The SMILES string of the molecule is CCCCc1ccc2c(c1)Sc1cc(CCCC)ccc1N2Cc1ccccc1. The Balaban J connectivity index is 1.71. The average molecular weight is 402 g/mol. The van der Waals surface area contributed by atoms with Gasteiger partial charge in [0.2, 0.25) is 0 Å². The van der Waals surface area contributed by atoms with Gasteiger partial charge in [0.15, 0.2) is 0 Å². The highest BCUT2D eigenvalue weighted by atomic mass is 32.2. The fourth-order valence-electron chi connectivity index (χ4n) is 3.98. The molecule has 0 N–H and O–H groups in total. The lowest BCUT2D eigenvalue weighted by molar-refractivity contribution is 0.791. The van der Waals surface area contributed by atoms with Crippen molar-refractivity contribution in [3.8, 4) is 0 Å². The molecule has 0 aliphatic carbocycles. The van der Waals surface area contributed by atoms with Crippen LogP contribution in [-0.2, 0) is 19.4 Å². The number of aryl methyl sites for hydroxylation is 2. The van der Waals surface area contributed by atoms with Gasteiger partial charge in [0.1, 0.15) is 0 Å². The lowest BCUT2D eigenvalue weighted by Crippen LogP contribution is -2.20. The van der Waals surface area contributed by atoms with Gasteiger partial charge in [-0.05, 0) is 66.6 Å². The summed E-state index contributed by atoms with van der Waals surface area (Å²) in [6, 6.07) is 25.0. The van der Waals surface area contributed by atoms with Crippen LogP contribution in [0.5, 0.6) is 0 Å². The Hall–Kier alpha value is -2.19. The number of benzene rings is 3. The molecular formula is C27H31NS. The smallest absolute Gasteiger partial charge is 0.0556 e. The maximum atomic E-state index is 2.50. The summed E-state index contributed by atoms with van der Waals surface area (Å²) in [6.07, 6.45) is 7.35. The zero-order chi connectivity index (χ0) is 20.1. The number of rotatable bonds is 8. The van der Waals surface area contributed by atoms with Gasteiger partial charge in [-0.25, -0.2) is 0 Å². The Bertz CT molecular complexity index is 891. The van der Waals surface area contributed by atoms with E-state index in [-0.39, 0.29) is 0 Å². The van der Waals surface area contributed by atoms with Crippen LogP contribution < -0.4 is 4.90 Å². The van der Waals surface area contributed by atoms with Crippen molar-refractivity contribution in [3.05, 3.63) is 83.4 Å². The van der Waals surface area contributed by atoms with Gasteiger partial charge >= 0.3 is 0 Å². The monoisotopic (exact) mass is 401 g/mol. The predicted molar refractivity (Wildman–Crippen MR) is 127 cm³/mol. The first-order valence-electron chi connectivity index (χ1n) is 11.0. The Labute approximate surface area is 180 Å². The summed E-state index contributed by atoms with van der Waals surface area (Å²) in [7, 11) is 0. The van der Waals surface area contributed by atoms with Crippen LogP contribution in [0, 0.1) is 0 Å². The van der Waals surface area contributed by atoms with E-state index in [1.807, 2.05) is 11.8 Å². The Morgan fingerprint density at radius 3 is 1.72 bits per heavy atom. The fourth-order valence-corrected chi connectivity index (χ4v) is 5.21. The highest BCUT2D eigenvalue weighted by Crippen LogP contribution is 2.49. The minimum atomic E-state index is 0.907. The third-order valence-corrected chi connectivity index (χ3v) is 6.77. The number of unbranched alkanes of at least 4 members (excludes halogenated alkanes) is 2. The molecule has 0 spiro atoms. The number of fused-ring (bicyclic) bond motifs is 2. The molecule has 1 aliphatic rings. The van der Waals surface area contributed by atoms with E-state index >= 15 is 0 Å². The van der Waals surface area contributed by atoms with Crippen LogP contribution in [0.3, 0.4) is 0 Å². The second-order valence-electron chi connectivity index (χ2n) is 7.99. The Kier molecular flexibility index (Phi) is 6.61. The Morgan fingerprint density at radius 1 is 0.655 bits per heavy atom. The molecule has 0 saturated carbocycles. The molecule has 0 amide bonds. The van der Waals surface area contributed by atoms with Crippen molar-refractivity contribution in [1.29, 1.82) is 0 Å². The lowest BCUT2D eigenvalue weighted by Gasteiger charge is -2.33. The maximum absolute atomic E-state index is 2.50. The van der Waals surface area contributed by atoms with Crippen LogP contribution >= 0.6 is 11.8 Å². The molecule has 0 fully saturated rings. The molecule has 2 heteroatoms. The second-order valence-corrected chi connectivity index (χ2v) is 9.07. The van der Waals surface area contributed by atoms with Gasteiger partial charge in [-0.15, -0.1) is 0 Å². The van der Waals surface area contributed by atoms with E-state index in [0.29, 0.717) is 0 Å². The molecule has 0 bridgehead atoms. The van der Waals surface area contributed by atoms with Crippen molar-refractivity contribution in [3.63, 3.8) is 0 Å². The van der Waals surface area contributed by atoms with Gasteiger partial charge in [-0.3, -0.25) is 0 Å². The van der Waals surface area contributed by atoms with Crippen LogP contribution in [0.25, 0.3) is 0 Å². The summed E-state index contributed by atoms with van der Waals surface area (Å²) in [4.78, 5) is 5.30. The highest BCUT2D eigenvalue weighted by Gasteiger charge is 2.24. The molecule has 0 unspecified atom stereocenters. The molecule has 3 aromatic carbocycles. The topological polar surface area (TPSA) is 3.24 Å². The summed E-state index contributed by atoms with van der Waals surface area (Å²) < 4.78 is 0. The Morgan fingerprint density at radius 2 is 1.21 bits per heavy atom. The van der Waals surface area contributed by atoms with E-state index in [1.165, 1.54) is 76.4 Å². The normalized spacial score (nSPS) is 12.6. The molecule has 1 aliphatic heterocycles. The number of anilines is 2. The quantitative estimate of drug-likeness (QED) is 0.374. The predicted octanol–water partition coefficient (Wildman–Crippen LogP) is 8.17. The van der Waals surface area contributed by atoms with E-state index in [4.69, 9.17) is 0 Å². The highest BCUT2D eigenvalue weighted by molar-refractivity contribution is 7.99. The zero-order valence-corrected chi connectivity index (χ0v) is 18.5. The fraction of sp³-hybridized carbons (Fsp3) is 0.333. The van der Waals surface area contributed by atoms with Gasteiger partial charge in [-0.1, -0.05) is 80.9 Å². The molecule has 0 aromatic heterocycles. The van der Waals surface area contributed by atoms with Crippen molar-refractivity contribution in [2.24, 2.45) is 0 Å². The summed E-state index contributed by atoms with van der Waals surface area (Å²) in [5.41, 5.74) is 6.95. The standard InChI is InChI=1S/C27H31NS/c1-3-5-10-21-14-16-24-26(18-21)29-27-19-22(11-6-4-2)15-17-25(27)28(24)20-23-12-8-7-9-13-23/h7-9,12-19H,3-6,10-11,20H2,1-2H3. The van der Waals surface area contributed by atoms with Crippen LogP contribution in [0.2, 0.25) is 0 Å². The molecule has 1 nitrogen and oxygen atoms in total. The first-order valence-corrected chi connectivity index (χ1v) is 11.8. The van der Waals surface area contributed by atoms with E-state index < -0.39 is 0 Å². The third-order valence-electron chi connectivity index (χ3n) is 5.67. The van der Waals surface area contributed by atoms with Crippen LogP contribution in [0.15, 0.2) is 76.5 Å². The maximum Gasteiger partial charge on any atom is 0.0556 e. The van der Waals surface area contributed by atoms with Gasteiger partial charge < -0.3 is 4.90 Å². The summed E-state index contributed by atoms with van der Waals surface area (Å²) >= 11 is 1.95. The van der Waals surface area contributed by atoms with Crippen LogP contribution in [-0.4, -0.2) is 0 Å². The van der Waals surface area contributed by atoms with Crippen molar-refractivity contribution < 1.29 is 0 Å². The van der Waals surface area contributed by atoms with Crippen molar-refractivity contribution in [2.75, 3.05) is 4.90 Å². The van der Waals surface area contributed by atoms with Gasteiger partial charge in [-0.2, -0.15) is 0 Å². The molecule has 0 radical (unpaired) electrons. The molecule has 0 atom stereocenters. The molecule has 0 saturated heterocycles. The van der Waals surface area contributed by atoms with E-state index in [1.54, 1.807) is 0 Å². The van der Waals surface area contributed by atoms with Gasteiger partial charge in [0, 0.05) is 16.3 Å². The first-order chi connectivity index (χ1) is 14.3. The van der Waals surface area contributed by atoms with E-state index in [9.17, 15) is 0 Å². The average Bonchev–Trinajstić information content (AvgIpc) is 2.76. The number of nitrogens with zero attached hydrogens (tertiary/aromatic N) is 1. The van der Waals surface area contributed by atoms with Crippen molar-refractivity contribution >= 4 is 23.1 Å². The summed E-state index contributed by atoms with van der Waals surface area (Å²) in [5.74, 6) is 0. The largest absolute Gasteiger partial charge is 0.335 e. The molecule has 4 rings (SSSR count). The van der Waals surface area contributed by atoms with Crippen LogP contribution in [0.4, 0.5) is 11.4 Å². The van der Waals surface area contributed by atoms with Gasteiger partial charge in [0.25, 0.3) is 0 Å². The number of hydrogen-bond acceptors (Lipinski definition) is 2. The lowest BCUT2D eigenvalue weighted by atomic mass is 10.1. The second kappa shape index (κ2) is 9.54. The molecular weight excluding hydrogens is 370 g/mol. The first kappa shape index (κ1) is 20.1. The molecule has 150 valence electrons. The van der Waals surface area contributed by atoms with Gasteiger partial charge in [0.05, 0.1) is 11.4 Å². The van der Waals surface area contributed by atoms with Crippen LogP contribution in [0.1, 0.15) is 56.2 Å². The number of hydrogen-bond donors (Lipinski definition) is 0.